The van der Waals surface area contributed by atoms with Gasteiger partial charge in [0.25, 0.3) is 0 Å². The highest BCUT2D eigenvalue weighted by Crippen LogP contribution is 2.51. The van der Waals surface area contributed by atoms with Crippen molar-refractivity contribution in [1.82, 2.24) is 0 Å². The first-order valence-electron chi connectivity index (χ1n) is 4.69. The summed E-state index contributed by atoms with van der Waals surface area (Å²) >= 11 is 5.88. The number of alkyl halides is 1. The summed E-state index contributed by atoms with van der Waals surface area (Å²) in [6.07, 6.45) is -0.759. The van der Waals surface area contributed by atoms with E-state index in [0.717, 1.165) is 0 Å². The summed E-state index contributed by atoms with van der Waals surface area (Å²) in [5.41, 5.74) is 5.48. The summed E-state index contributed by atoms with van der Waals surface area (Å²) in [6, 6.07) is 4.65. The molecular weight excluding hydrogens is 217 g/mol. The van der Waals surface area contributed by atoms with Gasteiger partial charge in [-0.05, 0) is 31.5 Å². The van der Waals surface area contributed by atoms with Crippen molar-refractivity contribution in [3.05, 3.63) is 28.8 Å². The lowest BCUT2D eigenvalue weighted by Gasteiger charge is -2.09. The Labute approximate surface area is 92.2 Å². The summed E-state index contributed by atoms with van der Waals surface area (Å²) in [4.78, 5) is 11.9. The molecule has 1 aliphatic carbocycles. The largest absolute Gasteiger partial charge is 0.399 e. The second-order valence-electron chi connectivity index (χ2n) is 4.16. The van der Waals surface area contributed by atoms with Gasteiger partial charge in [0, 0.05) is 11.3 Å². The van der Waals surface area contributed by atoms with Gasteiger partial charge in [0.15, 0.2) is 5.78 Å². The van der Waals surface area contributed by atoms with Gasteiger partial charge in [-0.25, -0.2) is 4.39 Å². The molecule has 2 nitrogen and oxygen atoms in total. The summed E-state index contributed by atoms with van der Waals surface area (Å²) in [5.74, 6) is -0.236. The lowest BCUT2D eigenvalue weighted by Crippen LogP contribution is -2.15. The van der Waals surface area contributed by atoms with Gasteiger partial charge in [0.05, 0.1) is 10.4 Å². The fourth-order valence-corrected chi connectivity index (χ4v) is 1.85. The quantitative estimate of drug-likeness (QED) is 0.624. The van der Waals surface area contributed by atoms with Crippen LogP contribution >= 0.6 is 11.6 Å². The van der Waals surface area contributed by atoms with Crippen molar-refractivity contribution < 1.29 is 9.18 Å². The molecule has 1 aliphatic rings. The molecule has 1 aromatic rings. The Balaban J connectivity index is 2.35. The fraction of sp³-hybridized carbons (Fsp3) is 0.364. The molecule has 1 fully saturated rings. The van der Waals surface area contributed by atoms with E-state index in [4.69, 9.17) is 17.3 Å². The minimum Gasteiger partial charge on any atom is -0.399 e. The number of nitrogens with two attached hydrogens (primary N) is 1. The zero-order valence-corrected chi connectivity index (χ0v) is 9.01. The number of nitrogen functional groups attached to an aromatic ring is 1. The van der Waals surface area contributed by atoms with Gasteiger partial charge in [-0.2, -0.15) is 0 Å². The van der Waals surface area contributed by atoms with Crippen LogP contribution in [0.15, 0.2) is 18.2 Å². The molecule has 2 atom stereocenters. The Morgan fingerprint density at radius 2 is 2.27 bits per heavy atom. The maximum Gasteiger partial charge on any atom is 0.173 e. The van der Waals surface area contributed by atoms with Gasteiger partial charge in [0.2, 0.25) is 0 Å². The first-order valence-corrected chi connectivity index (χ1v) is 5.07. The molecule has 80 valence electrons. The smallest absolute Gasteiger partial charge is 0.173 e. The van der Waals surface area contributed by atoms with E-state index in [9.17, 15) is 9.18 Å². The molecule has 4 heteroatoms. The highest BCUT2D eigenvalue weighted by Gasteiger charge is 2.57. The van der Waals surface area contributed by atoms with Crippen LogP contribution in [0.5, 0.6) is 0 Å². The number of carbonyl (C=O) groups excluding carboxylic acids is 1. The van der Waals surface area contributed by atoms with Crippen molar-refractivity contribution in [2.45, 2.75) is 19.5 Å². The Hall–Kier alpha value is -1.09. The Bertz CT molecular complexity index is 435. The van der Waals surface area contributed by atoms with E-state index in [2.05, 4.69) is 0 Å². The van der Waals surface area contributed by atoms with E-state index >= 15 is 0 Å². The molecule has 0 bridgehead atoms. The molecule has 0 amide bonds. The molecule has 1 saturated carbocycles. The third-order valence-electron chi connectivity index (χ3n) is 2.89. The third-order valence-corrected chi connectivity index (χ3v) is 3.20. The van der Waals surface area contributed by atoms with Gasteiger partial charge in [-0.15, -0.1) is 0 Å². The zero-order valence-electron chi connectivity index (χ0n) is 8.26. The first kappa shape index (κ1) is 10.4. The lowest BCUT2D eigenvalue weighted by molar-refractivity contribution is 0.0893. The molecule has 2 rings (SSSR count). The number of halogens is 2. The summed E-state index contributed by atoms with van der Waals surface area (Å²) in [5, 5.41) is 0.292. The number of Topliss-reactive ketones (excluding diaryl/α,β-unsaturated/α-hetero) is 1. The van der Waals surface area contributed by atoms with Crippen LogP contribution in [-0.4, -0.2) is 12.0 Å². The normalized spacial score (nSPS) is 28.9. The van der Waals surface area contributed by atoms with Crippen molar-refractivity contribution in [1.29, 1.82) is 0 Å². The number of hydrogen-bond acceptors (Lipinski definition) is 2. The van der Waals surface area contributed by atoms with E-state index in [0.29, 0.717) is 16.3 Å². The van der Waals surface area contributed by atoms with Crippen LogP contribution in [0.25, 0.3) is 0 Å². The standard InChI is InChI=1S/C11H11ClFNO/c1-11(5-9(11)13)10(15)7-3-2-6(14)4-8(7)12/h2-4,9H,5,14H2,1H3. The van der Waals surface area contributed by atoms with Crippen LogP contribution in [0, 0.1) is 5.41 Å². The number of benzene rings is 1. The maximum atomic E-state index is 13.0. The minimum atomic E-state index is -1.04. The molecule has 0 heterocycles. The van der Waals surface area contributed by atoms with Crippen LogP contribution in [0.3, 0.4) is 0 Å². The summed E-state index contributed by atoms with van der Waals surface area (Å²) < 4.78 is 13.0. The molecular formula is C11H11ClFNO. The number of rotatable bonds is 2. The molecule has 0 aromatic heterocycles. The molecule has 0 aliphatic heterocycles. The van der Waals surface area contributed by atoms with E-state index in [1.54, 1.807) is 19.1 Å². The van der Waals surface area contributed by atoms with Crippen molar-refractivity contribution in [3.8, 4) is 0 Å². The lowest BCUT2D eigenvalue weighted by atomic mass is 9.96. The van der Waals surface area contributed by atoms with E-state index in [1.165, 1.54) is 6.07 Å². The van der Waals surface area contributed by atoms with Crippen molar-refractivity contribution in [3.63, 3.8) is 0 Å². The highest BCUT2D eigenvalue weighted by atomic mass is 35.5. The van der Waals surface area contributed by atoms with Crippen LogP contribution < -0.4 is 5.73 Å². The second kappa shape index (κ2) is 3.20. The van der Waals surface area contributed by atoms with Crippen LogP contribution in [0.1, 0.15) is 23.7 Å². The molecule has 0 saturated heterocycles. The zero-order chi connectivity index (χ0) is 11.2. The van der Waals surface area contributed by atoms with Crippen LogP contribution in [0.4, 0.5) is 10.1 Å². The summed E-state index contributed by atoms with van der Waals surface area (Å²) in [7, 11) is 0. The SMILES string of the molecule is CC1(C(=O)c2ccc(N)cc2Cl)CC1F. The average molecular weight is 228 g/mol. The molecule has 0 radical (unpaired) electrons. The predicted octanol–water partition coefficient (Wildman–Crippen LogP) is 2.85. The van der Waals surface area contributed by atoms with Crippen molar-refractivity contribution >= 4 is 23.1 Å². The minimum absolute atomic E-state index is 0.236. The Morgan fingerprint density at radius 3 is 2.73 bits per heavy atom. The number of carbonyl (C=O) groups is 1. The average Bonchev–Trinajstić information content (AvgIpc) is 2.75. The highest BCUT2D eigenvalue weighted by molar-refractivity contribution is 6.34. The van der Waals surface area contributed by atoms with E-state index in [-0.39, 0.29) is 12.2 Å². The van der Waals surface area contributed by atoms with Gasteiger partial charge >= 0.3 is 0 Å². The van der Waals surface area contributed by atoms with Crippen LogP contribution in [0.2, 0.25) is 5.02 Å². The van der Waals surface area contributed by atoms with Gasteiger partial charge in [0.1, 0.15) is 6.17 Å². The van der Waals surface area contributed by atoms with Crippen LogP contribution in [-0.2, 0) is 0 Å². The van der Waals surface area contributed by atoms with Gasteiger partial charge in [-0.3, -0.25) is 4.79 Å². The molecule has 15 heavy (non-hydrogen) atoms. The van der Waals surface area contributed by atoms with Crippen molar-refractivity contribution in [2.75, 3.05) is 5.73 Å². The monoisotopic (exact) mass is 227 g/mol. The van der Waals surface area contributed by atoms with E-state index < -0.39 is 11.6 Å². The number of ketones is 1. The van der Waals surface area contributed by atoms with E-state index in [1.807, 2.05) is 0 Å². The maximum absolute atomic E-state index is 13.0. The number of hydrogen-bond donors (Lipinski definition) is 1. The first-order chi connectivity index (χ1) is 6.95. The molecule has 2 unspecified atom stereocenters. The summed E-state index contributed by atoms with van der Waals surface area (Å²) in [6.45, 7) is 1.62. The van der Waals surface area contributed by atoms with Gasteiger partial charge < -0.3 is 5.73 Å². The Morgan fingerprint density at radius 1 is 1.67 bits per heavy atom. The van der Waals surface area contributed by atoms with Gasteiger partial charge in [-0.1, -0.05) is 11.6 Å². The second-order valence-corrected chi connectivity index (χ2v) is 4.56. The Kier molecular flexibility index (Phi) is 2.23. The number of anilines is 1. The third kappa shape index (κ3) is 1.61. The van der Waals surface area contributed by atoms with Crippen molar-refractivity contribution in [2.24, 2.45) is 5.41 Å². The fourth-order valence-electron chi connectivity index (χ4n) is 1.57. The molecule has 2 N–H and O–H groups in total. The predicted molar refractivity (Wildman–Crippen MR) is 57.8 cm³/mol. The molecule has 0 spiro atoms. The molecule has 1 aromatic carbocycles. The topological polar surface area (TPSA) is 43.1 Å².